The van der Waals surface area contributed by atoms with Gasteiger partial charge in [0, 0.05) is 6.42 Å². The lowest BCUT2D eigenvalue weighted by molar-refractivity contribution is -0.0617. The van der Waals surface area contributed by atoms with Crippen LogP contribution in [0.25, 0.3) is 0 Å². The van der Waals surface area contributed by atoms with Crippen LogP contribution < -0.4 is 0 Å². The van der Waals surface area contributed by atoms with Gasteiger partial charge < -0.3 is 9.47 Å². The van der Waals surface area contributed by atoms with E-state index in [1.54, 1.807) is 5.57 Å². The van der Waals surface area contributed by atoms with Gasteiger partial charge in [0.15, 0.2) is 0 Å². The quantitative estimate of drug-likeness (QED) is 0.0949. The van der Waals surface area contributed by atoms with E-state index in [0.29, 0.717) is 17.4 Å². The first kappa shape index (κ1) is 34.9. The highest BCUT2D eigenvalue weighted by Gasteiger charge is 2.59. The monoisotopic (exact) mass is 599 g/mol. The van der Waals surface area contributed by atoms with Crippen molar-refractivity contribution < 1.29 is 14.3 Å². The predicted molar refractivity (Wildman–Crippen MR) is 181 cm³/mol. The van der Waals surface area contributed by atoms with Gasteiger partial charge in [-0.05, 0) is 97.7 Å². The van der Waals surface area contributed by atoms with Crippen molar-refractivity contribution >= 4 is 6.16 Å². The highest BCUT2D eigenvalue weighted by atomic mass is 16.7. The lowest BCUT2D eigenvalue weighted by Crippen LogP contribution is -2.51. The zero-order chi connectivity index (χ0) is 30.9. The van der Waals surface area contributed by atoms with E-state index in [1.807, 2.05) is 0 Å². The molecular formula is C40H70O3. The molecule has 4 rings (SSSR count). The molecule has 0 aromatic rings. The van der Waals surface area contributed by atoms with Crippen LogP contribution >= 0.6 is 0 Å². The van der Waals surface area contributed by atoms with Crippen molar-refractivity contribution in [1.82, 2.24) is 0 Å². The summed E-state index contributed by atoms with van der Waals surface area (Å²) in [6.07, 6.45) is 29.3. The van der Waals surface area contributed by atoms with Crippen LogP contribution in [0.5, 0.6) is 0 Å². The predicted octanol–water partition coefficient (Wildman–Crippen LogP) is 12.5. The van der Waals surface area contributed by atoms with Gasteiger partial charge in [0.2, 0.25) is 0 Å². The molecular weight excluding hydrogens is 528 g/mol. The Morgan fingerprint density at radius 1 is 0.837 bits per heavy atom. The van der Waals surface area contributed by atoms with Gasteiger partial charge in [-0.15, -0.1) is 0 Å². The summed E-state index contributed by atoms with van der Waals surface area (Å²) in [4.78, 5) is 12.5. The van der Waals surface area contributed by atoms with Crippen LogP contribution in [0, 0.1) is 46.3 Å². The largest absolute Gasteiger partial charge is 0.508 e. The van der Waals surface area contributed by atoms with Crippen LogP contribution in [-0.4, -0.2) is 18.9 Å². The second-order valence-corrected chi connectivity index (χ2v) is 16.6. The molecule has 3 nitrogen and oxygen atoms in total. The molecule has 0 amide bonds. The molecule has 4 aliphatic rings. The average Bonchev–Trinajstić information content (AvgIpc) is 3.33. The van der Waals surface area contributed by atoms with Crippen LogP contribution in [0.4, 0.5) is 4.79 Å². The van der Waals surface area contributed by atoms with E-state index in [1.165, 1.54) is 103 Å². The number of carbonyl (C=O) groups is 1. The van der Waals surface area contributed by atoms with Gasteiger partial charge in [-0.25, -0.2) is 4.79 Å². The molecule has 0 aromatic carbocycles. The fourth-order valence-corrected chi connectivity index (χ4v) is 10.7. The van der Waals surface area contributed by atoms with E-state index >= 15 is 0 Å². The molecule has 3 saturated carbocycles. The molecule has 0 N–H and O–H groups in total. The first-order chi connectivity index (χ1) is 20.7. The molecule has 3 fully saturated rings. The molecule has 4 aliphatic carbocycles. The van der Waals surface area contributed by atoms with Crippen LogP contribution in [0.1, 0.15) is 176 Å². The Morgan fingerprint density at radius 3 is 2.23 bits per heavy atom. The standard InChI is InChI=1S/C40H70O3/c1-7-8-9-10-11-12-13-14-15-16-28-42-38(41)43-33-24-26-39(5)32(29-33)20-21-34-36-23-22-35(31(4)19-17-18-30(2)3)40(36,6)27-25-37(34)39/h20,30-31,33-37H,7-19,21-29H2,1-6H3/t31-,33-,34+,35-,36+,37+,39-,40+/m0/s1. The van der Waals surface area contributed by atoms with Crippen LogP contribution in [0.15, 0.2) is 11.6 Å². The molecule has 0 saturated heterocycles. The zero-order valence-electron chi connectivity index (χ0n) is 29.4. The van der Waals surface area contributed by atoms with Gasteiger partial charge in [0.25, 0.3) is 0 Å². The van der Waals surface area contributed by atoms with Gasteiger partial charge in [-0.3, -0.25) is 0 Å². The highest BCUT2D eigenvalue weighted by molar-refractivity contribution is 5.60. The number of hydrogen-bond donors (Lipinski definition) is 0. The van der Waals surface area contributed by atoms with E-state index in [2.05, 4.69) is 47.6 Å². The summed E-state index contributed by atoms with van der Waals surface area (Å²) in [6, 6.07) is 0. The van der Waals surface area contributed by atoms with Crippen molar-refractivity contribution in [3.8, 4) is 0 Å². The van der Waals surface area contributed by atoms with E-state index in [-0.39, 0.29) is 6.10 Å². The first-order valence-electron chi connectivity index (χ1n) is 19.2. The molecule has 0 bridgehead atoms. The third-order valence-electron chi connectivity index (χ3n) is 13.2. The van der Waals surface area contributed by atoms with Crippen LogP contribution in [-0.2, 0) is 9.47 Å². The first-order valence-corrected chi connectivity index (χ1v) is 19.2. The zero-order valence-corrected chi connectivity index (χ0v) is 29.4. The molecule has 43 heavy (non-hydrogen) atoms. The third kappa shape index (κ3) is 8.84. The normalized spacial score (nSPS) is 34.2. The summed E-state index contributed by atoms with van der Waals surface area (Å²) in [5.74, 6) is 5.17. The summed E-state index contributed by atoms with van der Waals surface area (Å²) in [7, 11) is 0. The number of fused-ring (bicyclic) bond motifs is 5. The molecule has 3 heteroatoms. The number of ether oxygens (including phenoxy) is 2. The van der Waals surface area contributed by atoms with Crippen molar-refractivity contribution in [1.29, 1.82) is 0 Å². The summed E-state index contributed by atoms with van der Waals surface area (Å²) in [6.45, 7) is 15.4. The van der Waals surface area contributed by atoms with Gasteiger partial charge in [-0.1, -0.05) is 130 Å². The molecule has 0 spiro atoms. The van der Waals surface area contributed by atoms with E-state index in [9.17, 15) is 4.79 Å². The fourth-order valence-electron chi connectivity index (χ4n) is 10.7. The fraction of sp³-hybridized carbons (Fsp3) is 0.925. The van der Waals surface area contributed by atoms with E-state index < -0.39 is 6.16 Å². The second kappa shape index (κ2) is 16.5. The Morgan fingerprint density at radius 2 is 1.53 bits per heavy atom. The number of allylic oxidation sites excluding steroid dienone is 1. The number of unbranched alkanes of at least 4 members (excludes halogenated alkanes) is 9. The highest BCUT2D eigenvalue weighted by Crippen LogP contribution is 2.67. The molecule has 8 atom stereocenters. The Hall–Kier alpha value is -0.990. The Kier molecular flexibility index (Phi) is 13.4. The third-order valence-corrected chi connectivity index (χ3v) is 13.2. The number of rotatable bonds is 17. The number of hydrogen-bond acceptors (Lipinski definition) is 3. The number of carbonyl (C=O) groups excluding carboxylic acids is 1. The topological polar surface area (TPSA) is 35.5 Å². The van der Waals surface area contributed by atoms with E-state index in [0.717, 1.165) is 67.6 Å². The molecule has 0 heterocycles. The van der Waals surface area contributed by atoms with Gasteiger partial charge >= 0.3 is 6.16 Å². The van der Waals surface area contributed by atoms with Crippen molar-refractivity contribution in [3.05, 3.63) is 11.6 Å². The lowest BCUT2D eigenvalue weighted by Gasteiger charge is -2.58. The molecule has 248 valence electrons. The van der Waals surface area contributed by atoms with Crippen LogP contribution in [0.3, 0.4) is 0 Å². The van der Waals surface area contributed by atoms with Crippen molar-refractivity contribution in [2.45, 2.75) is 182 Å². The minimum atomic E-state index is -0.438. The Labute approximate surface area is 267 Å². The smallest absolute Gasteiger partial charge is 0.434 e. The minimum absolute atomic E-state index is 0.00695. The lowest BCUT2D eigenvalue weighted by atomic mass is 9.47. The van der Waals surface area contributed by atoms with Crippen molar-refractivity contribution in [2.24, 2.45) is 46.3 Å². The summed E-state index contributed by atoms with van der Waals surface area (Å²) < 4.78 is 11.4. The average molecular weight is 599 g/mol. The van der Waals surface area contributed by atoms with Gasteiger partial charge in [0.1, 0.15) is 6.10 Å². The molecule has 0 aromatic heterocycles. The summed E-state index contributed by atoms with van der Waals surface area (Å²) >= 11 is 0. The van der Waals surface area contributed by atoms with Crippen molar-refractivity contribution in [3.63, 3.8) is 0 Å². The Bertz CT molecular complexity index is 877. The van der Waals surface area contributed by atoms with Gasteiger partial charge in [-0.2, -0.15) is 0 Å². The van der Waals surface area contributed by atoms with Crippen LogP contribution in [0.2, 0.25) is 0 Å². The van der Waals surface area contributed by atoms with Crippen molar-refractivity contribution in [2.75, 3.05) is 6.61 Å². The molecule has 0 aliphatic heterocycles. The SMILES string of the molecule is CCCCCCCCCCCCOC(=O)O[C@H]1CC[C@@]2(C)C(=CC[C@@H]3[C@H]4CC[C@@H]([C@@H](C)CCCC(C)C)[C@@]4(C)CC[C@H]32)C1. The summed E-state index contributed by atoms with van der Waals surface area (Å²) in [5.41, 5.74) is 2.43. The second-order valence-electron chi connectivity index (χ2n) is 16.6. The van der Waals surface area contributed by atoms with E-state index in [4.69, 9.17) is 9.47 Å². The maximum absolute atomic E-state index is 12.5. The summed E-state index contributed by atoms with van der Waals surface area (Å²) in [5, 5.41) is 0. The minimum Gasteiger partial charge on any atom is -0.434 e. The molecule has 0 radical (unpaired) electrons. The maximum Gasteiger partial charge on any atom is 0.508 e. The van der Waals surface area contributed by atoms with Gasteiger partial charge in [0.05, 0.1) is 6.61 Å². The molecule has 0 unspecified atom stereocenters. The maximum atomic E-state index is 12.5. The Balaban J connectivity index is 1.19.